The van der Waals surface area contributed by atoms with Crippen molar-refractivity contribution < 1.29 is 17.6 Å². The van der Waals surface area contributed by atoms with Gasteiger partial charge in [-0.3, -0.25) is 0 Å². The van der Waals surface area contributed by atoms with Gasteiger partial charge in [0, 0.05) is 24.8 Å². The SMILES string of the molecule is CCCCO[Si](C)(C)Oc1cc(F)cc(F)c1. The number of benzene rings is 1. The van der Waals surface area contributed by atoms with E-state index in [4.69, 9.17) is 8.85 Å². The topological polar surface area (TPSA) is 18.5 Å². The maximum atomic E-state index is 13.0. The summed E-state index contributed by atoms with van der Waals surface area (Å²) in [5, 5.41) is 0. The molecule has 2 nitrogen and oxygen atoms in total. The Morgan fingerprint density at radius 2 is 1.71 bits per heavy atom. The van der Waals surface area contributed by atoms with E-state index in [1.165, 1.54) is 12.1 Å². The third-order valence-electron chi connectivity index (χ3n) is 2.15. The molecule has 0 aliphatic heterocycles. The molecule has 1 aromatic carbocycles. The minimum atomic E-state index is -2.36. The van der Waals surface area contributed by atoms with Crippen molar-refractivity contribution in [1.29, 1.82) is 0 Å². The zero-order valence-corrected chi connectivity index (χ0v) is 11.4. The highest BCUT2D eigenvalue weighted by molar-refractivity contribution is 6.65. The lowest BCUT2D eigenvalue weighted by atomic mass is 10.3. The van der Waals surface area contributed by atoms with Crippen LogP contribution >= 0.6 is 0 Å². The van der Waals surface area contributed by atoms with Gasteiger partial charge in [-0.25, -0.2) is 8.78 Å². The van der Waals surface area contributed by atoms with Crippen LogP contribution in [0.1, 0.15) is 19.8 Å². The summed E-state index contributed by atoms with van der Waals surface area (Å²) < 4.78 is 37.1. The highest BCUT2D eigenvalue weighted by Crippen LogP contribution is 2.20. The second-order valence-electron chi connectivity index (χ2n) is 4.31. The highest BCUT2D eigenvalue weighted by Gasteiger charge is 2.26. The van der Waals surface area contributed by atoms with Gasteiger partial charge in [0.2, 0.25) is 0 Å². The number of hydrogen-bond donors (Lipinski definition) is 0. The number of unbranched alkanes of at least 4 members (excludes halogenated alkanes) is 1. The summed E-state index contributed by atoms with van der Waals surface area (Å²) in [5.74, 6) is -1.09. The molecule has 0 aromatic heterocycles. The van der Waals surface area contributed by atoms with E-state index < -0.39 is 20.2 Å². The Kier molecular flexibility index (Phi) is 5.08. The van der Waals surface area contributed by atoms with Gasteiger partial charge in [-0.15, -0.1) is 0 Å². The van der Waals surface area contributed by atoms with Crippen LogP contribution in [0.2, 0.25) is 13.1 Å². The molecule has 0 saturated heterocycles. The van der Waals surface area contributed by atoms with E-state index in [0.717, 1.165) is 18.9 Å². The summed E-state index contributed by atoms with van der Waals surface area (Å²) in [5.41, 5.74) is 0. The van der Waals surface area contributed by atoms with E-state index in [0.29, 0.717) is 6.61 Å². The monoisotopic (exact) mass is 260 g/mol. The fourth-order valence-electron chi connectivity index (χ4n) is 1.36. The molecule has 0 bridgehead atoms. The molecular formula is C12H18F2O2Si. The molecule has 0 fully saturated rings. The summed E-state index contributed by atoms with van der Waals surface area (Å²) in [7, 11) is -2.36. The molecule has 96 valence electrons. The quantitative estimate of drug-likeness (QED) is 0.571. The largest absolute Gasteiger partial charge is 0.520 e. The van der Waals surface area contributed by atoms with Crippen molar-refractivity contribution in [3.8, 4) is 5.75 Å². The Bertz CT molecular complexity index is 349. The van der Waals surface area contributed by atoms with E-state index in [2.05, 4.69) is 6.92 Å². The molecule has 1 aromatic rings. The van der Waals surface area contributed by atoms with Gasteiger partial charge in [0.1, 0.15) is 17.4 Å². The van der Waals surface area contributed by atoms with Crippen LogP contribution in [0.15, 0.2) is 18.2 Å². The molecule has 0 spiro atoms. The molecule has 0 unspecified atom stereocenters. The van der Waals surface area contributed by atoms with Gasteiger partial charge in [0.25, 0.3) is 0 Å². The first-order valence-corrected chi connectivity index (χ1v) is 8.53. The lowest BCUT2D eigenvalue weighted by Crippen LogP contribution is -2.38. The van der Waals surface area contributed by atoms with Crippen LogP contribution in [0.25, 0.3) is 0 Å². The van der Waals surface area contributed by atoms with Gasteiger partial charge in [-0.05, 0) is 19.5 Å². The summed E-state index contributed by atoms with van der Waals surface area (Å²) >= 11 is 0. The van der Waals surface area contributed by atoms with Crippen LogP contribution in [-0.4, -0.2) is 15.2 Å². The lowest BCUT2D eigenvalue weighted by Gasteiger charge is -2.23. The van der Waals surface area contributed by atoms with E-state index in [1.807, 2.05) is 13.1 Å². The van der Waals surface area contributed by atoms with Gasteiger partial charge in [-0.1, -0.05) is 13.3 Å². The first-order valence-electron chi connectivity index (χ1n) is 5.72. The molecule has 0 amide bonds. The van der Waals surface area contributed by atoms with Crippen molar-refractivity contribution >= 4 is 8.56 Å². The minimum absolute atomic E-state index is 0.190. The number of rotatable bonds is 6. The predicted octanol–water partition coefficient (Wildman–Crippen LogP) is 3.86. The average Bonchev–Trinajstić information content (AvgIpc) is 2.14. The smallest absolute Gasteiger partial charge is 0.392 e. The van der Waals surface area contributed by atoms with Crippen LogP contribution < -0.4 is 4.43 Å². The summed E-state index contributed by atoms with van der Waals surface area (Å²) in [6.07, 6.45) is 2.00. The van der Waals surface area contributed by atoms with Crippen LogP contribution in [0.5, 0.6) is 5.75 Å². The van der Waals surface area contributed by atoms with Crippen molar-refractivity contribution in [1.82, 2.24) is 0 Å². The minimum Gasteiger partial charge on any atom is -0.520 e. The average molecular weight is 260 g/mol. The molecule has 1 rings (SSSR count). The van der Waals surface area contributed by atoms with Crippen LogP contribution in [0.4, 0.5) is 8.78 Å². The number of hydrogen-bond acceptors (Lipinski definition) is 2. The molecule has 0 aliphatic rings. The fraction of sp³-hybridized carbons (Fsp3) is 0.500. The van der Waals surface area contributed by atoms with Gasteiger partial charge in [0.15, 0.2) is 0 Å². The van der Waals surface area contributed by atoms with Crippen molar-refractivity contribution in [2.45, 2.75) is 32.9 Å². The molecular weight excluding hydrogens is 242 g/mol. The van der Waals surface area contributed by atoms with Crippen molar-refractivity contribution in [3.05, 3.63) is 29.8 Å². The summed E-state index contributed by atoms with van der Waals surface area (Å²) in [6.45, 7) is 6.39. The Morgan fingerprint density at radius 1 is 1.12 bits per heavy atom. The standard InChI is InChI=1S/C12H18F2O2Si/c1-4-5-6-15-17(2,3)16-12-8-10(13)7-11(14)9-12/h7-9H,4-6H2,1-3H3. The summed E-state index contributed by atoms with van der Waals surface area (Å²) in [4.78, 5) is 0. The maximum Gasteiger partial charge on any atom is 0.392 e. The molecule has 0 heterocycles. The van der Waals surface area contributed by atoms with Crippen LogP contribution in [-0.2, 0) is 4.43 Å². The Hall–Kier alpha value is -0.943. The van der Waals surface area contributed by atoms with E-state index in [1.54, 1.807) is 0 Å². The molecule has 5 heteroatoms. The Labute approximate surface area is 102 Å². The second-order valence-corrected chi connectivity index (χ2v) is 7.60. The third-order valence-corrected chi connectivity index (χ3v) is 3.77. The lowest BCUT2D eigenvalue weighted by molar-refractivity contribution is 0.243. The zero-order valence-electron chi connectivity index (χ0n) is 10.4. The normalized spacial score (nSPS) is 11.6. The van der Waals surface area contributed by atoms with Crippen molar-refractivity contribution in [2.24, 2.45) is 0 Å². The molecule has 17 heavy (non-hydrogen) atoms. The van der Waals surface area contributed by atoms with Gasteiger partial charge in [-0.2, -0.15) is 0 Å². The third kappa shape index (κ3) is 5.28. The van der Waals surface area contributed by atoms with Gasteiger partial charge < -0.3 is 8.85 Å². The fourth-order valence-corrected chi connectivity index (χ4v) is 2.74. The van der Waals surface area contributed by atoms with E-state index in [-0.39, 0.29) is 5.75 Å². The van der Waals surface area contributed by atoms with E-state index >= 15 is 0 Å². The Balaban J connectivity index is 2.62. The molecule has 0 radical (unpaired) electrons. The van der Waals surface area contributed by atoms with Crippen LogP contribution in [0.3, 0.4) is 0 Å². The maximum absolute atomic E-state index is 13.0. The molecule has 0 aliphatic carbocycles. The van der Waals surface area contributed by atoms with Crippen molar-refractivity contribution in [2.75, 3.05) is 6.61 Å². The highest BCUT2D eigenvalue weighted by atomic mass is 28.4. The first kappa shape index (κ1) is 14.1. The number of halogens is 2. The summed E-state index contributed by atoms with van der Waals surface area (Å²) in [6, 6.07) is 3.15. The van der Waals surface area contributed by atoms with Gasteiger partial charge >= 0.3 is 8.56 Å². The first-order chi connectivity index (χ1) is 7.93. The van der Waals surface area contributed by atoms with E-state index in [9.17, 15) is 8.78 Å². The molecule has 0 saturated carbocycles. The van der Waals surface area contributed by atoms with Gasteiger partial charge in [0.05, 0.1) is 0 Å². The molecule has 0 N–H and O–H groups in total. The van der Waals surface area contributed by atoms with Crippen molar-refractivity contribution in [3.63, 3.8) is 0 Å². The predicted molar refractivity (Wildman–Crippen MR) is 65.3 cm³/mol. The van der Waals surface area contributed by atoms with Crippen LogP contribution in [0, 0.1) is 11.6 Å². The Morgan fingerprint density at radius 3 is 2.24 bits per heavy atom. The second kappa shape index (κ2) is 6.12. The zero-order chi connectivity index (χ0) is 12.9. The molecule has 0 atom stereocenters.